The largest absolute Gasteiger partial charge is 0.507 e. The summed E-state index contributed by atoms with van der Waals surface area (Å²) in [6.45, 7) is 5.87. The highest BCUT2D eigenvalue weighted by atomic mass is 35.5. The van der Waals surface area contributed by atoms with Crippen LogP contribution in [0.5, 0.6) is 11.5 Å². The summed E-state index contributed by atoms with van der Waals surface area (Å²) in [6, 6.07) is 3.90. The second-order valence-corrected chi connectivity index (χ2v) is 10.3. The van der Waals surface area contributed by atoms with Crippen LogP contribution in [0, 0.1) is 5.82 Å². The molecule has 1 aromatic heterocycles. The number of anilines is 1. The van der Waals surface area contributed by atoms with Crippen molar-refractivity contribution < 1.29 is 23.8 Å². The molecule has 188 valence electrons. The number of phenolic OH excluding ortho intramolecular Hbond substituents is 1. The number of phenols is 1. The van der Waals surface area contributed by atoms with E-state index in [1.54, 1.807) is 9.80 Å². The number of benzene rings is 1. The van der Waals surface area contributed by atoms with Crippen LogP contribution < -0.4 is 9.64 Å². The molecule has 4 heterocycles. The number of aromatic nitrogens is 1. The second kappa shape index (κ2) is 8.45. The number of aromatic hydroxyl groups is 1. The van der Waals surface area contributed by atoms with E-state index in [4.69, 9.17) is 21.3 Å². The van der Waals surface area contributed by atoms with Gasteiger partial charge >= 0.3 is 0 Å². The highest BCUT2D eigenvalue weighted by Crippen LogP contribution is 2.54. The van der Waals surface area contributed by atoms with Gasteiger partial charge in [0, 0.05) is 38.1 Å². The first-order valence-electron chi connectivity index (χ1n) is 12.1. The number of ether oxygens (including phenoxy) is 1. The maximum Gasteiger partial charge on any atom is 0.246 e. The molecule has 8 nitrogen and oxygen atoms in total. The van der Waals surface area contributed by atoms with Crippen molar-refractivity contribution in [1.82, 2.24) is 14.8 Å². The molecule has 10 heteroatoms. The van der Waals surface area contributed by atoms with Gasteiger partial charge in [0.2, 0.25) is 11.8 Å². The molecule has 3 fully saturated rings. The molecule has 2 amide bonds. The molecule has 0 radical (unpaired) electrons. The van der Waals surface area contributed by atoms with E-state index in [-0.39, 0.29) is 52.0 Å². The normalized spacial score (nSPS) is 22.6. The van der Waals surface area contributed by atoms with Crippen molar-refractivity contribution in [1.29, 1.82) is 0 Å². The third-order valence-corrected chi connectivity index (χ3v) is 8.19. The first-order chi connectivity index (χ1) is 17.3. The van der Waals surface area contributed by atoms with E-state index < -0.39 is 5.82 Å². The Hall–Kier alpha value is -3.17. The van der Waals surface area contributed by atoms with Gasteiger partial charge in [-0.05, 0) is 37.5 Å². The summed E-state index contributed by atoms with van der Waals surface area (Å²) in [5, 5.41) is 10.6. The Labute approximate surface area is 212 Å². The number of pyridine rings is 1. The van der Waals surface area contributed by atoms with E-state index in [9.17, 15) is 19.1 Å². The standard InChI is InChI=1S/C26H26ClFN4O4/c1-2-19(34)31-11-10-30-13-16-24(36-14-15(30)12-31)22(27)23(21-17(28)4-3-5-18(21)33)29-25(16)32-20(35)6-7-26(32)8-9-26/h2-5,15,33H,1,6-14H2/t15-/m1/s1. The van der Waals surface area contributed by atoms with Crippen LogP contribution in [0.15, 0.2) is 30.9 Å². The molecule has 6 rings (SSSR count). The summed E-state index contributed by atoms with van der Waals surface area (Å²) < 4.78 is 21.2. The average Bonchev–Trinajstić information content (AvgIpc) is 3.61. The predicted molar refractivity (Wildman–Crippen MR) is 131 cm³/mol. The first kappa shape index (κ1) is 23.2. The molecule has 1 N–H and O–H groups in total. The molecule has 0 unspecified atom stereocenters. The molecule has 1 atom stereocenters. The molecule has 3 aliphatic heterocycles. The summed E-state index contributed by atoms with van der Waals surface area (Å²) in [5.74, 6) is -0.381. The van der Waals surface area contributed by atoms with Crippen LogP contribution in [0.4, 0.5) is 10.2 Å². The van der Waals surface area contributed by atoms with Crippen LogP contribution in [0.2, 0.25) is 5.02 Å². The summed E-state index contributed by atoms with van der Waals surface area (Å²) in [5.41, 5.74) is 0.310. The lowest BCUT2D eigenvalue weighted by Gasteiger charge is -2.39. The third-order valence-electron chi connectivity index (χ3n) is 7.84. The molecule has 4 aliphatic rings. The number of piperazine rings is 1. The topological polar surface area (TPSA) is 86.2 Å². The van der Waals surface area contributed by atoms with Crippen LogP contribution in [0.1, 0.15) is 31.2 Å². The van der Waals surface area contributed by atoms with Crippen molar-refractivity contribution in [3.63, 3.8) is 0 Å². The number of amides is 2. The fraction of sp³-hybridized carbons (Fsp3) is 0.423. The Morgan fingerprint density at radius 3 is 2.83 bits per heavy atom. The van der Waals surface area contributed by atoms with E-state index in [0.29, 0.717) is 49.7 Å². The number of hydrogen-bond acceptors (Lipinski definition) is 6. The molecule has 1 saturated carbocycles. The Morgan fingerprint density at radius 1 is 1.31 bits per heavy atom. The minimum absolute atomic E-state index is 0.0320. The van der Waals surface area contributed by atoms with Gasteiger partial charge in [0.25, 0.3) is 0 Å². The molecular weight excluding hydrogens is 487 g/mol. The van der Waals surface area contributed by atoms with E-state index in [1.807, 2.05) is 0 Å². The zero-order chi connectivity index (χ0) is 25.2. The Bertz CT molecular complexity index is 1280. The van der Waals surface area contributed by atoms with Crippen LogP contribution in [-0.2, 0) is 16.1 Å². The van der Waals surface area contributed by atoms with Gasteiger partial charge in [-0.25, -0.2) is 9.37 Å². The molecular formula is C26H26ClFN4O4. The molecule has 2 aromatic rings. The van der Waals surface area contributed by atoms with Gasteiger partial charge < -0.3 is 14.7 Å². The van der Waals surface area contributed by atoms with Crippen molar-refractivity contribution in [2.45, 2.75) is 43.8 Å². The Kier molecular flexibility index (Phi) is 5.46. The van der Waals surface area contributed by atoms with Crippen molar-refractivity contribution in [2.75, 3.05) is 31.1 Å². The van der Waals surface area contributed by atoms with Gasteiger partial charge in [0.05, 0.1) is 17.2 Å². The lowest BCUT2D eigenvalue weighted by molar-refractivity contribution is -0.129. The second-order valence-electron chi connectivity index (χ2n) is 9.92. The predicted octanol–water partition coefficient (Wildman–Crippen LogP) is 3.50. The number of halogens is 2. The number of nitrogens with zero attached hydrogens (tertiary/aromatic N) is 4. The van der Waals surface area contributed by atoms with Crippen LogP contribution >= 0.6 is 11.6 Å². The van der Waals surface area contributed by atoms with Gasteiger partial charge in [-0.2, -0.15) is 0 Å². The monoisotopic (exact) mass is 512 g/mol. The van der Waals surface area contributed by atoms with E-state index in [2.05, 4.69) is 11.5 Å². The SMILES string of the molecule is C=CC(=O)N1CCN2Cc3c(N4C(=O)CCC45CC5)nc(-c4c(O)cccc4F)c(Cl)c3OC[C@H]2C1. The molecule has 2 saturated heterocycles. The summed E-state index contributed by atoms with van der Waals surface area (Å²) in [4.78, 5) is 35.8. The Balaban J connectivity index is 1.50. The third kappa shape index (κ3) is 3.56. The van der Waals surface area contributed by atoms with Crippen molar-refractivity contribution >= 4 is 29.2 Å². The van der Waals surface area contributed by atoms with Crippen molar-refractivity contribution in [3.8, 4) is 22.8 Å². The van der Waals surface area contributed by atoms with Gasteiger partial charge in [-0.1, -0.05) is 24.2 Å². The summed E-state index contributed by atoms with van der Waals surface area (Å²) >= 11 is 6.81. The minimum Gasteiger partial charge on any atom is -0.507 e. The van der Waals surface area contributed by atoms with Gasteiger partial charge in [-0.3, -0.25) is 19.4 Å². The number of carbonyl (C=O) groups is 2. The zero-order valence-electron chi connectivity index (χ0n) is 19.7. The number of fused-ring (bicyclic) bond motifs is 2. The lowest BCUT2D eigenvalue weighted by Crippen LogP contribution is -2.55. The lowest BCUT2D eigenvalue weighted by atomic mass is 10.1. The Morgan fingerprint density at radius 2 is 2.11 bits per heavy atom. The van der Waals surface area contributed by atoms with Gasteiger partial charge in [-0.15, -0.1) is 0 Å². The first-order valence-corrected chi connectivity index (χ1v) is 12.5. The molecule has 1 spiro atoms. The molecule has 1 aromatic carbocycles. The van der Waals surface area contributed by atoms with E-state index in [0.717, 1.165) is 19.3 Å². The quantitative estimate of drug-likeness (QED) is 0.634. The molecule has 0 bridgehead atoms. The maximum absolute atomic E-state index is 14.9. The number of hydrogen-bond donors (Lipinski definition) is 1. The number of rotatable bonds is 3. The fourth-order valence-corrected chi connectivity index (χ4v) is 6.02. The number of carbonyl (C=O) groups excluding carboxylic acids is 2. The maximum atomic E-state index is 14.9. The van der Waals surface area contributed by atoms with Crippen LogP contribution in [-0.4, -0.2) is 69.5 Å². The van der Waals surface area contributed by atoms with Crippen molar-refractivity contribution in [3.05, 3.63) is 47.3 Å². The highest BCUT2D eigenvalue weighted by molar-refractivity contribution is 6.35. The van der Waals surface area contributed by atoms with Crippen molar-refractivity contribution in [2.24, 2.45) is 0 Å². The van der Waals surface area contributed by atoms with E-state index in [1.165, 1.54) is 24.3 Å². The van der Waals surface area contributed by atoms with Crippen LogP contribution in [0.3, 0.4) is 0 Å². The van der Waals surface area contributed by atoms with Gasteiger partial charge in [0.1, 0.15) is 40.5 Å². The van der Waals surface area contributed by atoms with Gasteiger partial charge in [0.15, 0.2) is 0 Å². The minimum atomic E-state index is -0.672. The summed E-state index contributed by atoms with van der Waals surface area (Å²) in [6.07, 6.45) is 4.23. The van der Waals surface area contributed by atoms with Crippen LogP contribution in [0.25, 0.3) is 11.3 Å². The fourth-order valence-electron chi connectivity index (χ4n) is 5.71. The highest BCUT2D eigenvalue weighted by Gasteiger charge is 2.56. The summed E-state index contributed by atoms with van der Waals surface area (Å²) in [7, 11) is 0. The zero-order valence-corrected chi connectivity index (χ0v) is 20.4. The smallest absolute Gasteiger partial charge is 0.246 e. The average molecular weight is 513 g/mol. The molecule has 36 heavy (non-hydrogen) atoms. The molecule has 1 aliphatic carbocycles. The van der Waals surface area contributed by atoms with E-state index >= 15 is 0 Å².